The summed E-state index contributed by atoms with van der Waals surface area (Å²) >= 11 is 1.26. The van der Waals surface area contributed by atoms with E-state index in [0.29, 0.717) is 16.5 Å². The van der Waals surface area contributed by atoms with Gasteiger partial charge in [0.1, 0.15) is 17.0 Å². The normalized spacial score (nSPS) is 10.9. The molecule has 0 saturated heterocycles. The lowest BCUT2D eigenvalue weighted by molar-refractivity contribution is 0.102. The minimum Gasteiger partial charge on any atom is -0.296 e. The Morgan fingerprint density at radius 3 is 2.61 bits per heavy atom. The quantitative estimate of drug-likeness (QED) is 0.562. The second-order valence-electron chi connectivity index (χ2n) is 5.98. The molecule has 0 aromatic carbocycles. The summed E-state index contributed by atoms with van der Waals surface area (Å²) in [5, 5.41) is 5.12. The van der Waals surface area contributed by atoms with E-state index in [9.17, 15) is 14.4 Å². The predicted octanol–water partition coefficient (Wildman–Crippen LogP) is 1.40. The van der Waals surface area contributed by atoms with Crippen LogP contribution in [0.4, 0.5) is 5.13 Å². The van der Waals surface area contributed by atoms with Crippen LogP contribution >= 0.6 is 11.3 Å². The molecule has 28 heavy (non-hydrogen) atoms. The number of nitrogens with zero attached hydrogens (tertiary/aromatic N) is 5. The lowest BCUT2D eigenvalue weighted by Gasteiger charge is -2.08. The van der Waals surface area contributed by atoms with E-state index in [2.05, 4.69) is 20.3 Å². The van der Waals surface area contributed by atoms with Crippen molar-refractivity contribution >= 4 is 33.4 Å². The average Bonchev–Trinajstić information content (AvgIpc) is 3.19. The number of thiazole rings is 1. The number of aromatic nitrogens is 5. The summed E-state index contributed by atoms with van der Waals surface area (Å²) in [6.45, 7) is 0. The maximum atomic E-state index is 12.6. The molecule has 0 fully saturated rings. The van der Waals surface area contributed by atoms with Gasteiger partial charge in [0, 0.05) is 25.7 Å². The van der Waals surface area contributed by atoms with Crippen molar-refractivity contribution in [1.82, 2.24) is 24.1 Å². The average molecular weight is 394 g/mol. The summed E-state index contributed by atoms with van der Waals surface area (Å²) < 4.78 is 2.23. The zero-order valence-corrected chi connectivity index (χ0v) is 15.7. The Bertz CT molecular complexity index is 1320. The van der Waals surface area contributed by atoms with Crippen LogP contribution in [-0.2, 0) is 14.1 Å². The molecule has 0 unspecified atom stereocenters. The molecule has 140 valence electrons. The highest BCUT2D eigenvalue weighted by molar-refractivity contribution is 7.14. The Balaban J connectivity index is 1.66. The van der Waals surface area contributed by atoms with Gasteiger partial charge in [-0.3, -0.25) is 29.0 Å². The largest absolute Gasteiger partial charge is 0.332 e. The fourth-order valence-electron chi connectivity index (χ4n) is 2.70. The molecule has 4 aromatic heterocycles. The molecule has 0 atom stereocenters. The van der Waals surface area contributed by atoms with Gasteiger partial charge >= 0.3 is 5.69 Å². The molecule has 10 heteroatoms. The Hall–Kier alpha value is -3.66. The number of hydrogen-bond acceptors (Lipinski definition) is 7. The van der Waals surface area contributed by atoms with Gasteiger partial charge in [-0.25, -0.2) is 14.8 Å². The highest BCUT2D eigenvalue weighted by Gasteiger charge is 2.15. The van der Waals surface area contributed by atoms with E-state index >= 15 is 0 Å². The van der Waals surface area contributed by atoms with Crippen molar-refractivity contribution in [1.29, 1.82) is 0 Å². The number of fused-ring (bicyclic) bond motifs is 1. The molecular weight excluding hydrogens is 380 g/mol. The number of aryl methyl sites for hydroxylation is 1. The lowest BCUT2D eigenvalue weighted by atomic mass is 10.2. The first-order chi connectivity index (χ1) is 13.5. The van der Waals surface area contributed by atoms with Gasteiger partial charge in [0.25, 0.3) is 11.5 Å². The van der Waals surface area contributed by atoms with Crippen LogP contribution in [0.3, 0.4) is 0 Å². The highest BCUT2D eigenvalue weighted by atomic mass is 32.1. The zero-order valence-electron chi connectivity index (χ0n) is 14.9. The van der Waals surface area contributed by atoms with Crippen molar-refractivity contribution in [3.8, 4) is 11.4 Å². The van der Waals surface area contributed by atoms with E-state index < -0.39 is 17.2 Å². The minimum absolute atomic E-state index is 0.0744. The summed E-state index contributed by atoms with van der Waals surface area (Å²) in [6, 6.07) is 8.42. The second-order valence-corrected chi connectivity index (χ2v) is 6.84. The number of hydrogen-bond donors (Lipinski definition) is 1. The maximum absolute atomic E-state index is 12.6. The maximum Gasteiger partial charge on any atom is 0.332 e. The smallest absolute Gasteiger partial charge is 0.296 e. The predicted molar refractivity (Wildman–Crippen MR) is 106 cm³/mol. The van der Waals surface area contributed by atoms with Crippen LogP contribution in [0.2, 0.25) is 0 Å². The molecular formula is C18H14N6O3S. The molecule has 0 aliphatic carbocycles. The standard InChI is InChI=1S/C18H14N6O3S/c1-23-14-10(16(26)24(2)18(23)27)6-7-12(20-14)15(25)22-17-21-13(9-28-17)11-5-3-4-8-19-11/h3-9H,1-2H3,(H,21,22,25). The third-order valence-corrected chi connectivity index (χ3v) is 4.94. The van der Waals surface area contributed by atoms with Gasteiger partial charge in [-0.15, -0.1) is 11.3 Å². The van der Waals surface area contributed by atoms with Gasteiger partial charge in [0.05, 0.1) is 11.1 Å². The van der Waals surface area contributed by atoms with Gasteiger partial charge < -0.3 is 0 Å². The number of rotatable bonds is 3. The third-order valence-electron chi connectivity index (χ3n) is 4.19. The summed E-state index contributed by atoms with van der Waals surface area (Å²) in [5.74, 6) is -0.489. The van der Waals surface area contributed by atoms with Crippen molar-refractivity contribution in [3.63, 3.8) is 0 Å². The van der Waals surface area contributed by atoms with Crippen LogP contribution in [-0.4, -0.2) is 30.0 Å². The number of pyridine rings is 2. The van der Waals surface area contributed by atoms with E-state index in [1.165, 1.54) is 42.1 Å². The summed E-state index contributed by atoms with van der Waals surface area (Å²) in [5.41, 5.74) is 0.603. The van der Waals surface area contributed by atoms with Crippen molar-refractivity contribution in [2.75, 3.05) is 5.32 Å². The Morgan fingerprint density at radius 1 is 1.04 bits per heavy atom. The van der Waals surface area contributed by atoms with Crippen molar-refractivity contribution in [2.45, 2.75) is 0 Å². The van der Waals surface area contributed by atoms with Crippen LogP contribution < -0.4 is 16.6 Å². The molecule has 9 nitrogen and oxygen atoms in total. The molecule has 1 amide bonds. The van der Waals surface area contributed by atoms with Gasteiger partial charge in [-0.05, 0) is 24.3 Å². The Kier molecular flexibility index (Phi) is 4.32. The third kappa shape index (κ3) is 2.99. The van der Waals surface area contributed by atoms with E-state index in [-0.39, 0.29) is 16.7 Å². The summed E-state index contributed by atoms with van der Waals surface area (Å²) in [7, 11) is 2.89. The van der Waals surface area contributed by atoms with Gasteiger partial charge in [0.15, 0.2) is 5.13 Å². The molecule has 1 N–H and O–H groups in total. The van der Waals surface area contributed by atoms with Crippen LogP contribution in [0.1, 0.15) is 10.5 Å². The Morgan fingerprint density at radius 2 is 1.86 bits per heavy atom. The first-order valence-electron chi connectivity index (χ1n) is 8.21. The highest BCUT2D eigenvalue weighted by Crippen LogP contribution is 2.23. The van der Waals surface area contributed by atoms with Crippen molar-refractivity contribution in [2.24, 2.45) is 14.1 Å². The molecule has 0 aliphatic heterocycles. The van der Waals surface area contributed by atoms with Gasteiger partial charge in [-0.2, -0.15) is 0 Å². The first-order valence-corrected chi connectivity index (χ1v) is 9.08. The van der Waals surface area contributed by atoms with E-state index in [4.69, 9.17) is 0 Å². The van der Waals surface area contributed by atoms with Crippen molar-refractivity contribution in [3.05, 3.63) is 68.4 Å². The van der Waals surface area contributed by atoms with Crippen LogP contribution in [0.5, 0.6) is 0 Å². The number of carbonyl (C=O) groups is 1. The van der Waals surface area contributed by atoms with Crippen LogP contribution in [0.25, 0.3) is 22.4 Å². The number of amides is 1. The molecule has 0 spiro atoms. The van der Waals surface area contributed by atoms with Crippen molar-refractivity contribution < 1.29 is 4.79 Å². The molecule has 0 bridgehead atoms. The number of anilines is 1. The summed E-state index contributed by atoms with van der Waals surface area (Å²) in [6.07, 6.45) is 1.67. The fraction of sp³-hybridized carbons (Fsp3) is 0.111. The van der Waals surface area contributed by atoms with E-state index in [0.717, 1.165) is 4.57 Å². The molecule has 4 aromatic rings. The molecule has 4 rings (SSSR count). The molecule has 0 saturated carbocycles. The van der Waals surface area contributed by atoms with Crippen LogP contribution in [0.15, 0.2) is 51.5 Å². The summed E-state index contributed by atoms with van der Waals surface area (Å²) in [4.78, 5) is 49.6. The topological polar surface area (TPSA) is 112 Å². The SMILES string of the molecule is Cn1c(=O)c2ccc(C(=O)Nc3nc(-c4ccccn4)cs3)nc2n(C)c1=O. The Labute approximate surface area is 162 Å². The lowest BCUT2D eigenvalue weighted by Crippen LogP contribution is -2.37. The van der Waals surface area contributed by atoms with Crippen LogP contribution in [0, 0.1) is 0 Å². The molecule has 0 radical (unpaired) electrons. The minimum atomic E-state index is -0.512. The van der Waals surface area contributed by atoms with E-state index in [1.54, 1.807) is 11.6 Å². The fourth-order valence-corrected chi connectivity index (χ4v) is 3.40. The van der Waals surface area contributed by atoms with Gasteiger partial charge in [0.2, 0.25) is 0 Å². The molecule has 0 aliphatic rings. The molecule has 4 heterocycles. The monoisotopic (exact) mass is 394 g/mol. The first kappa shape index (κ1) is 17.7. The number of nitrogens with one attached hydrogen (secondary N) is 1. The second kappa shape index (κ2) is 6.82. The van der Waals surface area contributed by atoms with E-state index in [1.807, 2.05) is 18.2 Å². The van der Waals surface area contributed by atoms with Gasteiger partial charge in [-0.1, -0.05) is 6.07 Å². The number of carbonyl (C=O) groups excluding carboxylic acids is 1. The zero-order chi connectivity index (χ0) is 19.8.